The number of thiazole rings is 1. The standard InChI is InChI=1S/C15H19ClN4S/c1-11-17-6-3-12(19-11)10-20-7-4-15(2,5-8-20)14-18-9-13(16)21-14/h3,6,9H,4-5,7-8,10H2,1-2H3. The first-order valence-electron chi connectivity index (χ1n) is 7.18. The van der Waals surface area contributed by atoms with Gasteiger partial charge in [-0.2, -0.15) is 0 Å². The maximum atomic E-state index is 6.02. The Morgan fingerprint density at radius 1 is 1.33 bits per heavy atom. The van der Waals surface area contributed by atoms with Crippen LogP contribution < -0.4 is 0 Å². The number of aryl methyl sites for hydroxylation is 1. The van der Waals surface area contributed by atoms with Crippen molar-refractivity contribution in [2.75, 3.05) is 13.1 Å². The molecule has 0 aromatic carbocycles. The quantitative estimate of drug-likeness (QED) is 0.868. The number of hydrogen-bond donors (Lipinski definition) is 0. The van der Waals surface area contributed by atoms with Crippen molar-refractivity contribution < 1.29 is 0 Å². The summed E-state index contributed by atoms with van der Waals surface area (Å²) in [6.45, 7) is 7.27. The number of aromatic nitrogens is 3. The van der Waals surface area contributed by atoms with E-state index in [1.165, 1.54) is 5.01 Å². The molecule has 1 aliphatic heterocycles. The molecule has 1 aliphatic rings. The van der Waals surface area contributed by atoms with E-state index in [0.717, 1.165) is 48.3 Å². The average molecular weight is 323 g/mol. The minimum absolute atomic E-state index is 0.163. The zero-order valence-corrected chi connectivity index (χ0v) is 13.9. The van der Waals surface area contributed by atoms with Gasteiger partial charge in [-0.05, 0) is 38.9 Å². The normalized spacial score (nSPS) is 18.8. The molecule has 0 spiro atoms. The Bertz CT molecular complexity index is 620. The predicted octanol–water partition coefficient (Wildman–Crippen LogP) is 3.45. The molecule has 0 radical (unpaired) electrons. The fraction of sp³-hybridized carbons (Fsp3) is 0.533. The van der Waals surface area contributed by atoms with Crippen molar-refractivity contribution in [2.45, 2.75) is 38.6 Å². The molecule has 0 N–H and O–H groups in total. The largest absolute Gasteiger partial charge is 0.297 e. The van der Waals surface area contributed by atoms with E-state index in [-0.39, 0.29) is 5.41 Å². The van der Waals surface area contributed by atoms with Crippen LogP contribution >= 0.6 is 22.9 Å². The van der Waals surface area contributed by atoms with Crippen LogP contribution in [0, 0.1) is 6.92 Å². The lowest BCUT2D eigenvalue weighted by Gasteiger charge is -2.38. The third-order valence-corrected chi connectivity index (χ3v) is 5.59. The summed E-state index contributed by atoms with van der Waals surface area (Å²) in [5, 5.41) is 1.17. The van der Waals surface area contributed by atoms with Crippen molar-refractivity contribution in [2.24, 2.45) is 0 Å². The molecule has 112 valence electrons. The summed E-state index contributed by atoms with van der Waals surface area (Å²) >= 11 is 7.64. The summed E-state index contributed by atoms with van der Waals surface area (Å²) in [4.78, 5) is 15.6. The molecule has 3 heterocycles. The number of halogens is 1. The van der Waals surface area contributed by atoms with Gasteiger partial charge < -0.3 is 0 Å². The molecular formula is C15H19ClN4S. The fourth-order valence-corrected chi connectivity index (χ4v) is 3.89. The summed E-state index contributed by atoms with van der Waals surface area (Å²) < 4.78 is 0.783. The molecule has 0 atom stereocenters. The SMILES string of the molecule is Cc1nccc(CN2CCC(C)(c3ncc(Cl)s3)CC2)n1. The maximum Gasteiger partial charge on any atom is 0.125 e. The molecule has 2 aromatic rings. The molecule has 2 aromatic heterocycles. The monoisotopic (exact) mass is 322 g/mol. The molecule has 1 saturated heterocycles. The average Bonchev–Trinajstić information content (AvgIpc) is 2.89. The van der Waals surface area contributed by atoms with Crippen molar-refractivity contribution >= 4 is 22.9 Å². The van der Waals surface area contributed by atoms with Crippen molar-refractivity contribution in [1.29, 1.82) is 0 Å². The highest BCUT2D eigenvalue weighted by Crippen LogP contribution is 2.38. The van der Waals surface area contributed by atoms with Crippen molar-refractivity contribution in [3.8, 4) is 0 Å². The second-order valence-corrected chi connectivity index (χ2v) is 7.56. The van der Waals surface area contributed by atoms with Gasteiger partial charge in [-0.25, -0.2) is 15.0 Å². The van der Waals surface area contributed by atoms with E-state index >= 15 is 0 Å². The van der Waals surface area contributed by atoms with Gasteiger partial charge in [-0.1, -0.05) is 18.5 Å². The molecule has 21 heavy (non-hydrogen) atoms. The Kier molecular flexibility index (Phi) is 4.24. The minimum Gasteiger partial charge on any atom is -0.297 e. The van der Waals surface area contributed by atoms with E-state index in [2.05, 4.69) is 26.8 Å². The van der Waals surface area contributed by atoms with E-state index < -0.39 is 0 Å². The summed E-state index contributed by atoms with van der Waals surface area (Å²) in [5.41, 5.74) is 1.26. The minimum atomic E-state index is 0.163. The first-order chi connectivity index (χ1) is 10.0. The number of nitrogens with zero attached hydrogens (tertiary/aromatic N) is 4. The van der Waals surface area contributed by atoms with Crippen LogP contribution in [0.15, 0.2) is 18.5 Å². The highest BCUT2D eigenvalue weighted by atomic mass is 35.5. The topological polar surface area (TPSA) is 41.9 Å². The van der Waals surface area contributed by atoms with Gasteiger partial charge in [0.2, 0.25) is 0 Å². The molecule has 0 bridgehead atoms. The van der Waals surface area contributed by atoms with Crippen molar-refractivity contribution in [3.63, 3.8) is 0 Å². The van der Waals surface area contributed by atoms with Crippen LogP contribution in [0.4, 0.5) is 0 Å². The molecule has 0 amide bonds. The van der Waals surface area contributed by atoms with E-state index in [1.54, 1.807) is 17.5 Å². The lowest BCUT2D eigenvalue weighted by Crippen LogP contribution is -2.40. The predicted molar refractivity (Wildman–Crippen MR) is 85.8 cm³/mol. The second kappa shape index (κ2) is 5.99. The van der Waals surface area contributed by atoms with Crippen molar-refractivity contribution in [1.82, 2.24) is 19.9 Å². The van der Waals surface area contributed by atoms with Crippen molar-refractivity contribution in [3.05, 3.63) is 39.3 Å². The summed E-state index contributed by atoms with van der Waals surface area (Å²) in [5.74, 6) is 0.840. The second-order valence-electron chi connectivity index (χ2n) is 5.90. The molecule has 0 aliphatic carbocycles. The van der Waals surface area contributed by atoms with Crippen LogP contribution in [-0.2, 0) is 12.0 Å². The first-order valence-corrected chi connectivity index (χ1v) is 8.37. The molecule has 3 rings (SSSR count). The third kappa shape index (κ3) is 3.42. The Morgan fingerprint density at radius 3 is 2.71 bits per heavy atom. The van der Waals surface area contributed by atoms with Gasteiger partial charge in [0.15, 0.2) is 0 Å². The molecule has 0 unspecified atom stereocenters. The van der Waals surface area contributed by atoms with Crippen LogP contribution in [0.3, 0.4) is 0 Å². The van der Waals surface area contributed by atoms with Gasteiger partial charge in [-0.3, -0.25) is 4.90 Å². The van der Waals surface area contributed by atoms with Gasteiger partial charge >= 0.3 is 0 Å². The lowest BCUT2D eigenvalue weighted by atomic mass is 9.81. The molecule has 4 nitrogen and oxygen atoms in total. The molecule has 6 heteroatoms. The van der Waals surface area contributed by atoms with Crippen LogP contribution in [-0.4, -0.2) is 32.9 Å². The van der Waals surface area contributed by atoms with E-state index in [1.807, 2.05) is 19.2 Å². The molecule has 0 saturated carbocycles. The Morgan fingerprint density at radius 2 is 2.10 bits per heavy atom. The molecule has 1 fully saturated rings. The van der Waals surface area contributed by atoms with Crippen LogP contribution in [0.2, 0.25) is 4.34 Å². The smallest absolute Gasteiger partial charge is 0.125 e. The Labute approximate surface area is 134 Å². The first kappa shape index (κ1) is 14.9. The lowest BCUT2D eigenvalue weighted by molar-refractivity contribution is 0.160. The summed E-state index contributed by atoms with van der Waals surface area (Å²) in [6.07, 6.45) is 5.83. The number of likely N-dealkylation sites (tertiary alicyclic amines) is 1. The van der Waals surface area contributed by atoms with Gasteiger partial charge in [0.1, 0.15) is 10.2 Å². The maximum absolute atomic E-state index is 6.02. The zero-order chi connectivity index (χ0) is 14.9. The summed E-state index contributed by atoms with van der Waals surface area (Å²) in [6, 6.07) is 2.00. The third-order valence-electron chi connectivity index (χ3n) is 4.17. The fourth-order valence-electron chi connectivity index (χ4n) is 2.77. The Hall–Kier alpha value is -1.04. The van der Waals surface area contributed by atoms with E-state index in [4.69, 9.17) is 11.6 Å². The zero-order valence-electron chi connectivity index (χ0n) is 12.3. The molecular weight excluding hydrogens is 304 g/mol. The van der Waals surface area contributed by atoms with E-state index in [9.17, 15) is 0 Å². The number of hydrogen-bond acceptors (Lipinski definition) is 5. The van der Waals surface area contributed by atoms with Gasteiger partial charge in [0.05, 0.1) is 16.9 Å². The number of piperidine rings is 1. The van der Waals surface area contributed by atoms with Crippen LogP contribution in [0.1, 0.15) is 36.3 Å². The van der Waals surface area contributed by atoms with E-state index in [0.29, 0.717) is 0 Å². The highest BCUT2D eigenvalue weighted by Gasteiger charge is 2.34. The highest BCUT2D eigenvalue weighted by molar-refractivity contribution is 7.15. The summed E-state index contributed by atoms with van der Waals surface area (Å²) in [7, 11) is 0. The van der Waals surface area contributed by atoms with Gasteiger partial charge in [0.25, 0.3) is 0 Å². The Balaban J connectivity index is 1.62. The number of rotatable bonds is 3. The van der Waals surface area contributed by atoms with Gasteiger partial charge in [-0.15, -0.1) is 11.3 Å². The van der Waals surface area contributed by atoms with Crippen LogP contribution in [0.25, 0.3) is 0 Å². The van der Waals surface area contributed by atoms with Crippen LogP contribution in [0.5, 0.6) is 0 Å². The van der Waals surface area contributed by atoms with Gasteiger partial charge in [0, 0.05) is 18.2 Å².